The molecule has 3 aromatic rings. The fraction of sp³-hybridized carbons (Fsp3) is 0.346. The van der Waals surface area contributed by atoms with E-state index in [0.717, 1.165) is 28.8 Å². The lowest BCUT2D eigenvalue weighted by Gasteiger charge is -2.35. The molecule has 0 saturated heterocycles. The van der Waals surface area contributed by atoms with Gasteiger partial charge in [0.1, 0.15) is 5.75 Å². The van der Waals surface area contributed by atoms with Crippen LogP contribution < -0.4 is 10.1 Å². The van der Waals surface area contributed by atoms with Gasteiger partial charge >= 0.3 is 6.03 Å². The monoisotopic (exact) mass is 462 g/mol. The minimum absolute atomic E-state index is 0.158. The van der Waals surface area contributed by atoms with Gasteiger partial charge in [0.05, 0.1) is 18.7 Å². The third-order valence-corrected chi connectivity index (χ3v) is 6.03. The second-order valence-electron chi connectivity index (χ2n) is 8.13. The summed E-state index contributed by atoms with van der Waals surface area (Å²) in [4.78, 5) is 19.4. The van der Waals surface area contributed by atoms with Crippen molar-refractivity contribution in [2.24, 2.45) is 0 Å². The molecule has 8 heteroatoms. The first-order valence-corrected chi connectivity index (χ1v) is 11.4. The van der Waals surface area contributed by atoms with Crippen molar-refractivity contribution in [2.75, 3.05) is 27.4 Å². The summed E-state index contributed by atoms with van der Waals surface area (Å²) in [6.07, 6.45) is 1.66. The minimum Gasteiger partial charge on any atom is -0.497 e. The van der Waals surface area contributed by atoms with E-state index in [9.17, 15) is 4.79 Å². The highest BCUT2D eigenvalue weighted by molar-refractivity contribution is 5.86. The van der Waals surface area contributed by atoms with Crippen LogP contribution in [-0.4, -0.2) is 48.4 Å². The van der Waals surface area contributed by atoms with Crippen molar-refractivity contribution in [3.63, 3.8) is 0 Å². The summed E-state index contributed by atoms with van der Waals surface area (Å²) in [6, 6.07) is 15.2. The van der Waals surface area contributed by atoms with E-state index in [1.54, 1.807) is 19.1 Å². The highest BCUT2D eigenvalue weighted by Crippen LogP contribution is 2.37. The molecule has 4 rings (SSSR count). The Hall–Kier alpha value is -3.65. The van der Waals surface area contributed by atoms with Crippen LogP contribution in [0.5, 0.6) is 5.75 Å². The average Bonchev–Trinajstić information content (AvgIpc) is 3.35. The standard InChI is InChI=1S/C26H30N4O4/c1-5-18-10-12-19(13-11-18)23-22(17(2)30(26(31)27-23)14-7-15-32-3)25-28-24(29-34-25)20-8-6-9-21(16-20)33-4/h6,8-13,16,23H,5,7,14-15H2,1-4H3,(H,27,31). The first-order chi connectivity index (χ1) is 16.5. The predicted molar refractivity (Wildman–Crippen MR) is 129 cm³/mol. The van der Waals surface area contributed by atoms with Crippen LogP contribution >= 0.6 is 0 Å². The fourth-order valence-electron chi connectivity index (χ4n) is 4.10. The van der Waals surface area contributed by atoms with Gasteiger partial charge in [-0.05, 0) is 43.0 Å². The number of rotatable bonds is 9. The Kier molecular flexibility index (Phi) is 7.27. The lowest BCUT2D eigenvalue weighted by atomic mass is 9.93. The molecule has 1 aromatic heterocycles. The van der Waals surface area contributed by atoms with Crippen molar-refractivity contribution in [3.05, 3.63) is 71.2 Å². The third kappa shape index (κ3) is 4.82. The Balaban J connectivity index is 1.76. The van der Waals surface area contributed by atoms with Crippen LogP contribution in [0.1, 0.15) is 43.3 Å². The Morgan fingerprint density at radius 2 is 1.94 bits per heavy atom. The maximum Gasteiger partial charge on any atom is 0.322 e. The summed E-state index contributed by atoms with van der Waals surface area (Å²) >= 11 is 0. The minimum atomic E-state index is -0.407. The van der Waals surface area contributed by atoms with E-state index in [0.29, 0.717) is 37.0 Å². The second-order valence-corrected chi connectivity index (χ2v) is 8.13. The number of aromatic nitrogens is 2. The van der Waals surface area contributed by atoms with Gasteiger partial charge in [-0.1, -0.05) is 48.5 Å². The van der Waals surface area contributed by atoms with Crippen LogP contribution in [0.15, 0.2) is 58.8 Å². The number of allylic oxidation sites excluding steroid dienone is 1. The van der Waals surface area contributed by atoms with Gasteiger partial charge in [-0.15, -0.1) is 0 Å². The molecule has 34 heavy (non-hydrogen) atoms. The molecule has 1 unspecified atom stereocenters. The van der Waals surface area contributed by atoms with Gasteiger partial charge in [0.2, 0.25) is 5.82 Å². The summed E-state index contributed by atoms with van der Waals surface area (Å²) in [5.41, 5.74) is 4.53. The quantitative estimate of drug-likeness (QED) is 0.458. The van der Waals surface area contributed by atoms with Crippen molar-refractivity contribution in [1.82, 2.24) is 20.4 Å². The zero-order valence-electron chi connectivity index (χ0n) is 20.0. The number of ether oxygens (including phenoxy) is 2. The van der Waals surface area contributed by atoms with E-state index in [1.165, 1.54) is 5.56 Å². The lowest BCUT2D eigenvalue weighted by Crippen LogP contribution is -2.46. The second kappa shape index (κ2) is 10.5. The molecule has 0 radical (unpaired) electrons. The van der Waals surface area contributed by atoms with E-state index in [4.69, 9.17) is 19.0 Å². The van der Waals surface area contributed by atoms with Gasteiger partial charge in [0, 0.05) is 31.5 Å². The molecule has 178 valence electrons. The zero-order valence-corrected chi connectivity index (χ0v) is 20.0. The number of nitrogens with one attached hydrogen (secondary N) is 1. The molecule has 1 N–H and O–H groups in total. The number of amides is 2. The van der Waals surface area contributed by atoms with Crippen LogP contribution in [0, 0.1) is 0 Å². The first kappa shape index (κ1) is 23.5. The molecule has 2 heterocycles. The SMILES string of the molecule is CCc1ccc(C2NC(=O)N(CCCOC)C(C)=C2c2nc(-c3cccc(OC)c3)no2)cc1. The van der Waals surface area contributed by atoms with Crippen LogP contribution in [0.2, 0.25) is 0 Å². The molecule has 0 fully saturated rings. The Bertz CT molecular complexity index is 1170. The predicted octanol–water partition coefficient (Wildman–Crippen LogP) is 4.84. The average molecular weight is 463 g/mol. The third-order valence-electron chi connectivity index (χ3n) is 6.03. The summed E-state index contributed by atoms with van der Waals surface area (Å²) < 4.78 is 16.2. The van der Waals surface area contributed by atoms with Crippen molar-refractivity contribution in [2.45, 2.75) is 32.7 Å². The molecular weight excluding hydrogens is 432 g/mol. The molecule has 2 aromatic carbocycles. The molecule has 1 aliphatic rings. The number of benzene rings is 2. The maximum absolute atomic E-state index is 13.0. The van der Waals surface area contributed by atoms with E-state index in [1.807, 2.05) is 43.3 Å². The number of hydrogen-bond acceptors (Lipinski definition) is 6. The van der Waals surface area contributed by atoms with Gasteiger partial charge in [-0.25, -0.2) is 4.79 Å². The molecule has 0 saturated carbocycles. The van der Waals surface area contributed by atoms with Crippen LogP contribution in [0.3, 0.4) is 0 Å². The number of aryl methyl sites for hydroxylation is 1. The van der Waals surface area contributed by atoms with E-state index < -0.39 is 6.04 Å². The smallest absolute Gasteiger partial charge is 0.322 e. The van der Waals surface area contributed by atoms with Gasteiger partial charge < -0.3 is 19.3 Å². The number of carbonyl (C=O) groups excluding carboxylic acids is 1. The lowest BCUT2D eigenvalue weighted by molar-refractivity contribution is 0.174. The Morgan fingerprint density at radius 1 is 1.15 bits per heavy atom. The van der Waals surface area contributed by atoms with E-state index >= 15 is 0 Å². The molecule has 0 spiro atoms. The van der Waals surface area contributed by atoms with Crippen molar-refractivity contribution < 1.29 is 18.8 Å². The van der Waals surface area contributed by atoms with Gasteiger partial charge in [-0.2, -0.15) is 4.98 Å². The number of nitrogens with zero attached hydrogens (tertiary/aromatic N) is 3. The van der Waals surface area contributed by atoms with Crippen LogP contribution in [0.4, 0.5) is 4.79 Å². The van der Waals surface area contributed by atoms with Crippen molar-refractivity contribution in [1.29, 1.82) is 0 Å². The van der Waals surface area contributed by atoms with Crippen LogP contribution in [0.25, 0.3) is 17.0 Å². The molecular formula is C26H30N4O4. The molecule has 8 nitrogen and oxygen atoms in total. The number of urea groups is 1. The molecule has 0 bridgehead atoms. The number of carbonyl (C=O) groups is 1. The van der Waals surface area contributed by atoms with Crippen molar-refractivity contribution in [3.8, 4) is 17.1 Å². The topological polar surface area (TPSA) is 89.7 Å². The molecule has 1 atom stereocenters. The maximum atomic E-state index is 13.0. The van der Waals surface area contributed by atoms with Crippen LogP contribution in [-0.2, 0) is 11.2 Å². The summed E-state index contributed by atoms with van der Waals surface area (Å²) in [5, 5.41) is 7.35. The highest BCUT2D eigenvalue weighted by Gasteiger charge is 2.35. The van der Waals surface area contributed by atoms with Gasteiger partial charge in [0.25, 0.3) is 5.89 Å². The summed E-state index contributed by atoms with van der Waals surface area (Å²) in [5.74, 6) is 1.54. The number of hydrogen-bond donors (Lipinski definition) is 1. The largest absolute Gasteiger partial charge is 0.497 e. The fourth-order valence-corrected chi connectivity index (χ4v) is 4.10. The molecule has 0 aliphatic carbocycles. The zero-order chi connectivity index (χ0) is 24.1. The van der Waals surface area contributed by atoms with E-state index in [-0.39, 0.29) is 6.03 Å². The molecule has 1 aliphatic heterocycles. The normalized spacial score (nSPS) is 16.1. The summed E-state index contributed by atoms with van der Waals surface area (Å²) in [6.45, 7) is 5.12. The van der Waals surface area contributed by atoms with Crippen molar-refractivity contribution >= 4 is 11.6 Å². The highest BCUT2D eigenvalue weighted by atomic mass is 16.5. The Morgan fingerprint density at radius 3 is 2.65 bits per heavy atom. The Labute approximate surface area is 199 Å². The number of methoxy groups -OCH3 is 2. The first-order valence-electron chi connectivity index (χ1n) is 11.4. The van der Waals surface area contributed by atoms with E-state index in [2.05, 4.69) is 29.5 Å². The van der Waals surface area contributed by atoms with Gasteiger partial charge in [0.15, 0.2) is 0 Å². The summed E-state index contributed by atoms with van der Waals surface area (Å²) in [7, 11) is 3.27. The van der Waals surface area contributed by atoms with Gasteiger partial charge in [-0.3, -0.25) is 4.90 Å². The molecule has 2 amide bonds.